The summed E-state index contributed by atoms with van der Waals surface area (Å²) in [7, 11) is 0. The predicted octanol–water partition coefficient (Wildman–Crippen LogP) is 11.2. The van der Waals surface area contributed by atoms with Crippen LogP contribution >= 0.6 is 0 Å². The first-order chi connectivity index (χ1) is 32.8. The van der Waals surface area contributed by atoms with Crippen LogP contribution in [0.1, 0.15) is 31.2 Å². The van der Waals surface area contributed by atoms with Crippen LogP contribution in [-0.2, 0) is 0 Å². The summed E-state index contributed by atoms with van der Waals surface area (Å²) in [6.07, 6.45) is 9.24. The van der Waals surface area contributed by atoms with E-state index in [9.17, 15) is 9.59 Å². The molecular weight excluding hydrogens is 849 g/mol. The number of amides is 2. The molecule has 2 aliphatic rings. The quantitative estimate of drug-likeness (QED) is 0.129. The van der Waals surface area contributed by atoms with Gasteiger partial charge in [0.2, 0.25) is 11.8 Å². The SMILES string of the molecule is Cc1ccc(Oc2ccc(OC3CCN(C(=O)Oc4ccc5cccnc5c4)CC3)cc2)nc1.O=C(Oc1ccc2cccnc2c1)N1CCC(Oc2ccc(Oc3ccccn3)cc2)CC1. The minimum absolute atomic E-state index is 0.0412. The molecule has 0 saturated carbocycles. The Kier molecular flexibility index (Phi) is 13.9. The summed E-state index contributed by atoms with van der Waals surface area (Å²) in [5, 5.41) is 2.01. The van der Waals surface area contributed by atoms with E-state index in [1.807, 2.05) is 116 Å². The van der Waals surface area contributed by atoms with Gasteiger partial charge in [-0.25, -0.2) is 19.6 Å². The first-order valence-corrected chi connectivity index (χ1v) is 22.2. The number of ether oxygens (including phenoxy) is 6. The van der Waals surface area contributed by atoms with E-state index >= 15 is 0 Å². The van der Waals surface area contributed by atoms with E-state index in [0.717, 1.165) is 64.6 Å². The maximum atomic E-state index is 12.6. The summed E-state index contributed by atoms with van der Waals surface area (Å²) in [6, 6.07) is 43.0. The summed E-state index contributed by atoms with van der Waals surface area (Å²) in [6.45, 7) is 4.30. The van der Waals surface area contributed by atoms with Gasteiger partial charge in [-0.15, -0.1) is 0 Å². The van der Waals surface area contributed by atoms with Crippen LogP contribution in [0.4, 0.5) is 9.59 Å². The number of hydrogen-bond donors (Lipinski definition) is 0. The Labute approximate surface area is 387 Å². The highest BCUT2D eigenvalue weighted by Gasteiger charge is 2.27. The van der Waals surface area contributed by atoms with Crippen LogP contribution in [0, 0.1) is 6.92 Å². The smallest absolute Gasteiger partial charge is 0.415 e. The molecule has 0 unspecified atom stereocenters. The van der Waals surface area contributed by atoms with E-state index in [1.165, 1.54) is 0 Å². The fraction of sp³-hybridized carbons (Fsp3) is 0.208. The first-order valence-electron chi connectivity index (χ1n) is 22.2. The minimum atomic E-state index is -0.347. The maximum absolute atomic E-state index is 12.6. The molecule has 2 aliphatic heterocycles. The number of rotatable bonds is 10. The average molecular weight is 897 g/mol. The zero-order valence-corrected chi connectivity index (χ0v) is 36.8. The van der Waals surface area contributed by atoms with E-state index in [0.29, 0.717) is 60.9 Å². The van der Waals surface area contributed by atoms with Gasteiger partial charge >= 0.3 is 12.2 Å². The van der Waals surface area contributed by atoms with Gasteiger partial charge in [-0.2, -0.15) is 0 Å². The molecule has 6 heterocycles. The van der Waals surface area contributed by atoms with Crippen LogP contribution < -0.4 is 28.4 Å². The van der Waals surface area contributed by atoms with Gasteiger partial charge in [0.05, 0.1) is 11.0 Å². The van der Waals surface area contributed by atoms with Crippen molar-refractivity contribution in [2.24, 2.45) is 0 Å². The number of fused-ring (bicyclic) bond motifs is 2. The Morgan fingerprint density at radius 3 is 1.36 bits per heavy atom. The number of hydrogen-bond acceptors (Lipinski definition) is 12. The summed E-state index contributed by atoms with van der Waals surface area (Å²) >= 11 is 0. The van der Waals surface area contributed by atoms with Crippen molar-refractivity contribution in [2.45, 2.75) is 44.8 Å². The molecule has 0 N–H and O–H groups in total. The largest absolute Gasteiger partial charge is 0.490 e. The first kappa shape index (κ1) is 44.0. The van der Waals surface area contributed by atoms with Crippen molar-refractivity contribution < 1.29 is 38.0 Å². The van der Waals surface area contributed by atoms with Gasteiger partial charge in [0.15, 0.2) is 0 Å². The summed E-state index contributed by atoms with van der Waals surface area (Å²) in [5.41, 5.74) is 2.68. The third-order valence-corrected chi connectivity index (χ3v) is 11.2. The normalized spacial score (nSPS) is 14.1. The highest BCUT2D eigenvalue weighted by molar-refractivity contribution is 5.82. The lowest BCUT2D eigenvalue weighted by Gasteiger charge is -2.31. The van der Waals surface area contributed by atoms with Gasteiger partial charge in [0.1, 0.15) is 46.7 Å². The topological polar surface area (TPSA) is 148 Å². The molecule has 0 spiro atoms. The molecule has 2 fully saturated rings. The maximum Gasteiger partial charge on any atom is 0.415 e. The van der Waals surface area contributed by atoms with Crippen molar-refractivity contribution in [1.29, 1.82) is 0 Å². The van der Waals surface area contributed by atoms with Crippen LogP contribution in [0.25, 0.3) is 21.8 Å². The molecule has 0 atom stereocenters. The molecule has 0 bridgehead atoms. The second kappa shape index (κ2) is 21.2. The summed E-state index contributed by atoms with van der Waals surface area (Å²) in [5.74, 6) is 5.04. The second-order valence-electron chi connectivity index (χ2n) is 16.0. The molecule has 4 aromatic heterocycles. The van der Waals surface area contributed by atoms with E-state index in [2.05, 4.69) is 19.9 Å². The molecule has 0 aliphatic carbocycles. The van der Waals surface area contributed by atoms with Gasteiger partial charge in [-0.3, -0.25) is 9.97 Å². The Morgan fingerprint density at radius 2 is 0.910 bits per heavy atom. The van der Waals surface area contributed by atoms with Gasteiger partial charge in [-0.05, 0) is 103 Å². The molecule has 338 valence electrons. The lowest BCUT2D eigenvalue weighted by Crippen LogP contribution is -2.43. The van der Waals surface area contributed by atoms with Crippen LogP contribution in [0.5, 0.6) is 46.3 Å². The number of carbonyl (C=O) groups excluding carboxylic acids is 2. The van der Waals surface area contributed by atoms with Crippen molar-refractivity contribution in [2.75, 3.05) is 26.2 Å². The number of pyridine rings is 4. The Balaban J connectivity index is 0.000000168. The fourth-order valence-corrected chi connectivity index (χ4v) is 7.58. The van der Waals surface area contributed by atoms with E-state index < -0.39 is 0 Å². The third kappa shape index (κ3) is 12.1. The zero-order valence-electron chi connectivity index (χ0n) is 36.8. The molecule has 10 rings (SSSR count). The summed E-state index contributed by atoms with van der Waals surface area (Å²) < 4.78 is 34.8. The van der Waals surface area contributed by atoms with Crippen LogP contribution in [0.3, 0.4) is 0 Å². The van der Waals surface area contributed by atoms with Crippen LogP contribution in [-0.4, -0.2) is 80.3 Å². The van der Waals surface area contributed by atoms with Gasteiger partial charge in [0, 0.05) is 112 Å². The number of likely N-dealkylation sites (tertiary alicyclic amines) is 2. The summed E-state index contributed by atoms with van der Waals surface area (Å²) in [4.78, 5) is 45.6. The predicted molar refractivity (Wildman–Crippen MR) is 252 cm³/mol. The molecule has 2 amide bonds. The van der Waals surface area contributed by atoms with E-state index in [-0.39, 0.29) is 24.4 Å². The monoisotopic (exact) mass is 896 g/mol. The lowest BCUT2D eigenvalue weighted by molar-refractivity contribution is 0.0923. The molecule has 0 radical (unpaired) electrons. The Bertz CT molecular complexity index is 2890. The number of carbonyl (C=O) groups is 2. The molecule has 67 heavy (non-hydrogen) atoms. The molecule has 14 heteroatoms. The number of nitrogens with zero attached hydrogens (tertiary/aromatic N) is 6. The van der Waals surface area contributed by atoms with Crippen LogP contribution in [0.2, 0.25) is 0 Å². The number of piperidine rings is 2. The minimum Gasteiger partial charge on any atom is -0.490 e. The standard InChI is InChI=1S/C27H25N3O4.C26H23N3O4/c1-19-4-11-26(29-18-19)33-22-9-7-21(8-10-22)32-23-12-15-30(16-13-23)27(31)34-24-6-5-20-3-2-14-28-25(20)17-24;30-26(33-23-7-6-19-4-3-15-27-24(19)18-23)29-16-12-22(13-17-29)31-20-8-10-21(11-9-20)32-25-5-1-2-14-28-25/h2-11,14,17-18,23H,12-13,15-16H2,1H3;1-11,14-15,18,22H,12-13,16-17H2. The molecule has 8 aromatic rings. The van der Waals surface area contributed by atoms with Crippen molar-refractivity contribution in [3.63, 3.8) is 0 Å². The van der Waals surface area contributed by atoms with Gasteiger partial charge in [-0.1, -0.05) is 24.3 Å². The number of aryl methyl sites for hydroxylation is 1. The van der Waals surface area contributed by atoms with E-state index in [4.69, 9.17) is 28.4 Å². The Hall–Kier alpha value is -8.26. The molecule has 2 saturated heterocycles. The highest BCUT2D eigenvalue weighted by atomic mass is 16.6. The van der Waals surface area contributed by atoms with Gasteiger partial charge < -0.3 is 38.2 Å². The zero-order chi connectivity index (χ0) is 45.8. The fourth-order valence-electron chi connectivity index (χ4n) is 7.58. The number of benzene rings is 4. The lowest BCUT2D eigenvalue weighted by atomic mass is 10.1. The molecule has 14 nitrogen and oxygen atoms in total. The van der Waals surface area contributed by atoms with Crippen molar-refractivity contribution in [1.82, 2.24) is 29.7 Å². The van der Waals surface area contributed by atoms with Gasteiger partial charge in [0.25, 0.3) is 0 Å². The molecule has 4 aromatic carbocycles. The second-order valence-corrected chi connectivity index (χ2v) is 16.0. The highest BCUT2D eigenvalue weighted by Crippen LogP contribution is 2.28. The molecular formula is C53H48N6O8. The Morgan fingerprint density at radius 1 is 0.463 bits per heavy atom. The van der Waals surface area contributed by atoms with E-state index in [1.54, 1.807) is 64.9 Å². The number of aromatic nitrogens is 4. The third-order valence-electron chi connectivity index (χ3n) is 11.2. The van der Waals surface area contributed by atoms with Crippen molar-refractivity contribution >= 4 is 34.0 Å². The average Bonchev–Trinajstić information content (AvgIpc) is 3.37. The van der Waals surface area contributed by atoms with Crippen LogP contribution in [0.15, 0.2) is 164 Å². The van der Waals surface area contributed by atoms with Crippen molar-refractivity contribution in [3.05, 3.63) is 170 Å². The van der Waals surface area contributed by atoms with Crippen molar-refractivity contribution in [3.8, 4) is 46.3 Å².